The number of anilines is 4. The van der Waals surface area contributed by atoms with Gasteiger partial charge in [-0.1, -0.05) is 6.07 Å². The molecule has 0 aliphatic carbocycles. The quantitative estimate of drug-likeness (QED) is 0.657. The van der Waals surface area contributed by atoms with E-state index < -0.39 is 5.97 Å². The molecule has 8 heteroatoms. The third-order valence-electron chi connectivity index (χ3n) is 3.20. The fourth-order valence-electron chi connectivity index (χ4n) is 2.07. The third kappa shape index (κ3) is 3.70. The van der Waals surface area contributed by atoms with Crippen molar-refractivity contribution >= 4 is 29.2 Å². The van der Waals surface area contributed by atoms with E-state index in [0.29, 0.717) is 11.5 Å². The molecule has 0 fully saturated rings. The first-order chi connectivity index (χ1) is 11.3. The summed E-state index contributed by atoms with van der Waals surface area (Å²) in [6.45, 7) is 5.64. The zero-order chi connectivity index (χ0) is 17.9. The highest BCUT2D eigenvalue weighted by Crippen LogP contribution is 2.27. The summed E-state index contributed by atoms with van der Waals surface area (Å²) in [5.41, 5.74) is 7.39. The lowest BCUT2D eigenvalue weighted by Crippen LogP contribution is -2.15. The molecule has 0 radical (unpaired) electrons. The fourth-order valence-corrected chi connectivity index (χ4v) is 2.07. The number of benzene rings is 1. The van der Waals surface area contributed by atoms with Crippen LogP contribution in [0, 0.1) is 18.3 Å². The van der Waals surface area contributed by atoms with Crippen molar-refractivity contribution in [3.63, 3.8) is 0 Å². The molecule has 2 rings (SSSR count). The molecule has 0 spiro atoms. The van der Waals surface area contributed by atoms with Crippen LogP contribution in [-0.2, 0) is 0 Å². The van der Waals surface area contributed by atoms with Crippen LogP contribution in [0.4, 0.5) is 23.3 Å². The van der Waals surface area contributed by atoms with E-state index in [1.807, 2.05) is 20.8 Å². The van der Waals surface area contributed by atoms with E-state index in [-0.39, 0.29) is 28.9 Å². The maximum absolute atomic E-state index is 11.1. The minimum absolute atomic E-state index is 0.00620. The van der Waals surface area contributed by atoms with Crippen molar-refractivity contribution in [2.45, 2.75) is 26.8 Å². The maximum atomic E-state index is 11.1. The molecule has 0 atom stereocenters. The summed E-state index contributed by atoms with van der Waals surface area (Å²) in [4.78, 5) is 19.3. The first-order valence-electron chi connectivity index (χ1n) is 7.27. The summed E-state index contributed by atoms with van der Waals surface area (Å²) in [5.74, 6) is -0.483. The van der Waals surface area contributed by atoms with E-state index >= 15 is 0 Å². The van der Waals surface area contributed by atoms with E-state index in [1.165, 1.54) is 12.1 Å². The number of nitrogens with two attached hydrogens (primary N) is 1. The highest BCUT2D eigenvalue weighted by molar-refractivity contribution is 5.89. The van der Waals surface area contributed by atoms with Crippen LogP contribution in [0.3, 0.4) is 0 Å². The number of aryl methyl sites for hydroxylation is 1. The van der Waals surface area contributed by atoms with Crippen molar-refractivity contribution in [2.24, 2.45) is 0 Å². The minimum atomic E-state index is -1.04. The van der Waals surface area contributed by atoms with Crippen LogP contribution in [0.25, 0.3) is 0 Å². The molecule has 0 bridgehead atoms. The van der Waals surface area contributed by atoms with Gasteiger partial charge in [-0.15, -0.1) is 0 Å². The maximum Gasteiger partial charge on any atom is 0.335 e. The second-order valence-corrected chi connectivity index (χ2v) is 5.52. The first-order valence-corrected chi connectivity index (χ1v) is 7.27. The molecular weight excluding hydrogens is 308 g/mol. The zero-order valence-corrected chi connectivity index (χ0v) is 13.6. The van der Waals surface area contributed by atoms with Gasteiger partial charge in [0.15, 0.2) is 11.6 Å². The van der Waals surface area contributed by atoms with Crippen molar-refractivity contribution in [2.75, 3.05) is 16.4 Å². The summed E-state index contributed by atoms with van der Waals surface area (Å²) in [6.07, 6.45) is 0. The first kappa shape index (κ1) is 17.0. The van der Waals surface area contributed by atoms with Gasteiger partial charge in [-0.2, -0.15) is 15.2 Å². The number of carboxylic acid groups (broad SMARTS) is 1. The normalized spacial score (nSPS) is 10.3. The molecule has 0 unspecified atom stereocenters. The largest absolute Gasteiger partial charge is 0.478 e. The van der Waals surface area contributed by atoms with E-state index in [2.05, 4.69) is 26.7 Å². The zero-order valence-electron chi connectivity index (χ0n) is 13.6. The molecule has 0 aliphatic rings. The van der Waals surface area contributed by atoms with Crippen molar-refractivity contribution in [1.29, 1.82) is 5.26 Å². The summed E-state index contributed by atoms with van der Waals surface area (Å²) >= 11 is 0. The third-order valence-corrected chi connectivity index (χ3v) is 3.20. The minimum Gasteiger partial charge on any atom is -0.478 e. The number of nitrogens with zero attached hydrogens (tertiary/aromatic N) is 3. The number of aromatic nitrogens is 2. The number of aromatic carboxylic acids is 1. The molecular formula is C16H18N6O2. The molecule has 1 heterocycles. The lowest BCUT2D eigenvalue weighted by atomic mass is 10.1. The number of nitrogens with one attached hydrogen (secondary N) is 2. The van der Waals surface area contributed by atoms with E-state index in [0.717, 1.165) is 5.56 Å². The predicted molar refractivity (Wildman–Crippen MR) is 91.3 cm³/mol. The summed E-state index contributed by atoms with van der Waals surface area (Å²) < 4.78 is 0. The lowest BCUT2D eigenvalue weighted by molar-refractivity contribution is 0.0697. The van der Waals surface area contributed by atoms with Crippen molar-refractivity contribution < 1.29 is 9.90 Å². The molecule has 5 N–H and O–H groups in total. The predicted octanol–water partition coefficient (Wildman–Crippen LogP) is 2.50. The Bertz CT molecular complexity index is 826. The number of hydrogen-bond donors (Lipinski definition) is 4. The number of nitriles is 1. The Labute approximate surface area is 139 Å². The van der Waals surface area contributed by atoms with Gasteiger partial charge in [0.2, 0.25) is 5.95 Å². The van der Waals surface area contributed by atoms with Crippen LogP contribution >= 0.6 is 0 Å². The van der Waals surface area contributed by atoms with E-state index in [9.17, 15) is 10.1 Å². The highest BCUT2D eigenvalue weighted by atomic mass is 16.4. The van der Waals surface area contributed by atoms with Gasteiger partial charge < -0.3 is 21.5 Å². The number of hydrogen-bond acceptors (Lipinski definition) is 7. The molecule has 8 nitrogen and oxygen atoms in total. The van der Waals surface area contributed by atoms with Gasteiger partial charge in [-0.3, -0.25) is 0 Å². The lowest BCUT2D eigenvalue weighted by Gasteiger charge is -2.15. The fraction of sp³-hybridized carbons (Fsp3) is 0.250. The monoisotopic (exact) mass is 326 g/mol. The summed E-state index contributed by atoms with van der Waals surface area (Å²) in [7, 11) is 0. The van der Waals surface area contributed by atoms with Gasteiger partial charge in [0.25, 0.3) is 0 Å². The van der Waals surface area contributed by atoms with Gasteiger partial charge in [-0.25, -0.2) is 4.79 Å². The Balaban J connectivity index is 2.50. The van der Waals surface area contributed by atoms with Crippen LogP contribution in [-0.4, -0.2) is 27.1 Å². The van der Waals surface area contributed by atoms with Crippen LogP contribution in [0.2, 0.25) is 0 Å². The van der Waals surface area contributed by atoms with Gasteiger partial charge in [0, 0.05) is 11.7 Å². The van der Waals surface area contributed by atoms with Crippen LogP contribution in [0.1, 0.15) is 35.3 Å². The highest BCUT2D eigenvalue weighted by Gasteiger charge is 2.16. The van der Waals surface area contributed by atoms with Crippen molar-refractivity contribution in [1.82, 2.24) is 9.97 Å². The van der Waals surface area contributed by atoms with E-state index in [1.54, 1.807) is 6.07 Å². The SMILES string of the molecule is Cc1ccc(C(=O)O)cc1Nc1nc(N)nc(NC(C)C)c1C#N. The molecule has 0 aliphatic heterocycles. The summed E-state index contributed by atoms with van der Waals surface area (Å²) in [6, 6.07) is 6.77. The molecule has 1 aromatic carbocycles. The topological polar surface area (TPSA) is 137 Å². The number of carbonyl (C=O) groups is 1. The second-order valence-electron chi connectivity index (χ2n) is 5.52. The number of nitrogen functional groups attached to an aromatic ring is 1. The molecule has 24 heavy (non-hydrogen) atoms. The van der Waals surface area contributed by atoms with E-state index in [4.69, 9.17) is 10.8 Å². The Morgan fingerprint density at radius 3 is 2.58 bits per heavy atom. The molecule has 2 aromatic rings. The molecule has 0 saturated carbocycles. The second kappa shape index (κ2) is 6.83. The van der Waals surface area contributed by atoms with Gasteiger partial charge in [0.05, 0.1) is 5.56 Å². The molecule has 1 aromatic heterocycles. The average Bonchev–Trinajstić information content (AvgIpc) is 2.48. The van der Waals surface area contributed by atoms with Crippen LogP contribution in [0.15, 0.2) is 18.2 Å². The number of carboxylic acids is 1. The molecule has 0 amide bonds. The standard InChI is InChI=1S/C16H18N6O2/c1-8(2)19-13-11(7-17)14(22-16(18)21-13)20-12-6-10(15(23)24)5-4-9(12)3/h4-6,8H,1-3H3,(H,23,24)(H4,18,19,20,21,22). The number of rotatable bonds is 5. The van der Waals surface area contributed by atoms with Gasteiger partial charge >= 0.3 is 5.97 Å². The Kier molecular flexibility index (Phi) is 4.84. The smallest absolute Gasteiger partial charge is 0.335 e. The molecule has 124 valence electrons. The Morgan fingerprint density at radius 2 is 2.00 bits per heavy atom. The van der Waals surface area contributed by atoms with Gasteiger partial charge in [0.1, 0.15) is 11.6 Å². The van der Waals surface area contributed by atoms with Gasteiger partial charge in [-0.05, 0) is 38.5 Å². The van der Waals surface area contributed by atoms with Crippen LogP contribution in [0.5, 0.6) is 0 Å². The van der Waals surface area contributed by atoms with Crippen molar-refractivity contribution in [3.8, 4) is 6.07 Å². The van der Waals surface area contributed by atoms with Crippen molar-refractivity contribution in [3.05, 3.63) is 34.9 Å². The summed E-state index contributed by atoms with van der Waals surface area (Å²) in [5, 5.41) is 24.6. The molecule has 0 saturated heterocycles. The van der Waals surface area contributed by atoms with Crippen LogP contribution < -0.4 is 16.4 Å². The Hall–Kier alpha value is -3.34. The average molecular weight is 326 g/mol. The Morgan fingerprint density at radius 1 is 1.33 bits per heavy atom.